The highest BCUT2D eigenvalue weighted by Gasteiger charge is 2.51. The van der Waals surface area contributed by atoms with Crippen LogP contribution in [0.5, 0.6) is 5.75 Å². The maximum atomic E-state index is 11.6. The molecular formula is C15H20O3. The van der Waals surface area contributed by atoms with Crippen molar-refractivity contribution in [3.63, 3.8) is 0 Å². The summed E-state index contributed by atoms with van der Waals surface area (Å²) < 4.78 is 5.29. The minimum absolute atomic E-state index is 0.536. The number of carboxylic acids is 1. The highest BCUT2D eigenvalue weighted by atomic mass is 16.5. The van der Waals surface area contributed by atoms with Crippen LogP contribution in [0.1, 0.15) is 37.3 Å². The molecule has 0 unspecified atom stereocenters. The van der Waals surface area contributed by atoms with Gasteiger partial charge in [-0.05, 0) is 42.9 Å². The maximum Gasteiger partial charge on any atom is 0.314 e. The van der Waals surface area contributed by atoms with E-state index in [0.29, 0.717) is 5.92 Å². The van der Waals surface area contributed by atoms with E-state index < -0.39 is 11.4 Å². The van der Waals surface area contributed by atoms with E-state index in [2.05, 4.69) is 6.92 Å². The third kappa shape index (κ3) is 1.88. The molecular weight excluding hydrogens is 228 g/mol. The van der Waals surface area contributed by atoms with Crippen molar-refractivity contribution in [3.8, 4) is 5.75 Å². The van der Waals surface area contributed by atoms with Crippen molar-refractivity contribution in [1.29, 1.82) is 0 Å². The van der Waals surface area contributed by atoms with Gasteiger partial charge < -0.3 is 9.84 Å². The molecule has 2 rings (SSSR count). The Bertz CT molecular complexity index is 459. The summed E-state index contributed by atoms with van der Waals surface area (Å²) in [5, 5.41) is 9.54. The molecule has 1 aromatic carbocycles. The van der Waals surface area contributed by atoms with E-state index in [-0.39, 0.29) is 0 Å². The number of carbonyl (C=O) groups is 1. The van der Waals surface area contributed by atoms with Crippen LogP contribution in [0.15, 0.2) is 18.2 Å². The topological polar surface area (TPSA) is 46.5 Å². The molecule has 3 heteroatoms. The molecule has 1 aliphatic rings. The zero-order chi connectivity index (χ0) is 13.3. The summed E-state index contributed by atoms with van der Waals surface area (Å²) in [6.07, 6.45) is 2.54. The third-order valence-corrected chi connectivity index (χ3v) is 4.22. The van der Waals surface area contributed by atoms with Gasteiger partial charge in [-0.3, -0.25) is 4.79 Å². The van der Waals surface area contributed by atoms with E-state index in [4.69, 9.17) is 4.74 Å². The molecule has 98 valence electrons. The Morgan fingerprint density at radius 1 is 1.50 bits per heavy atom. The second-order valence-electron chi connectivity index (χ2n) is 5.25. The molecule has 18 heavy (non-hydrogen) atoms. The van der Waals surface area contributed by atoms with Gasteiger partial charge in [-0.15, -0.1) is 0 Å². The zero-order valence-electron chi connectivity index (χ0n) is 11.2. The summed E-state index contributed by atoms with van der Waals surface area (Å²) in [4.78, 5) is 11.6. The van der Waals surface area contributed by atoms with Crippen molar-refractivity contribution in [2.45, 2.75) is 38.5 Å². The first-order valence-electron chi connectivity index (χ1n) is 6.42. The van der Waals surface area contributed by atoms with Crippen molar-refractivity contribution in [3.05, 3.63) is 29.3 Å². The fraction of sp³-hybridized carbons (Fsp3) is 0.533. The number of ether oxygens (including phenoxy) is 1. The van der Waals surface area contributed by atoms with E-state index in [1.807, 2.05) is 25.1 Å². The van der Waals surface area contributed by atoms with E-state index in [9.17, 15) is 9.90 Å². The second kappa shape index (κ2) is 4.63. The summed E-state index contributed by atoms with van der Waals surface area (Å²) in [6, 6.07) is 5.76. The van der Waals surface area contributed by atoms with E-state index in [0.717, 1.165) is 36.1 Å². The van der Waals surface area contributed by atoms with Crippen molar-refractivity contribution < 1.29 is 14.6 Å². The quantitative estimate of drug-likeness (QED) is 0.890. The van der Waals surface area contributed by atoms with Crippen LogP contribution < -0.4 is 4.74 Å². The van der Waals surface area contributed by atoms with E-state index >= 15 is 0 Å². The molecule has 1 aromatic rings. The van der Waals surface area contributed by atoms with Gasteiger partial charge >= 0.3 is 5.97 Å². The summed E-state index contributed by atoms with van der Waals surface area (Å²) in [7, 11) is 1.62. The number of carboxylic acid groups (broad SMARTS) is 1. The Labute approximate surface area is 108 Å². The number of rotatable bonds is 4. The molecule has 1 N–H and O–H groups in total. The number of aliphatic carboxylic acids is 1. The van der Waals surface area contributed by atoms with Crippen LogP contribution in [0.2, 0.25) is 0 Å². The van der Waals surface area contributed by atoms with Crippen LogP contribution in [-0.2, 0) is 10.2 Å². The van der Waals surface area contributed by atoms with Crippen molar-refractivity contribution >= 4 is 5.97 Å². The Hall–Kier alpha value is -1.51. The molecule has 0 aromatic heterocycles. The first-order valence-corrected chi connectivity index (χ1v) is 6.42. The Kier molecular flexibility index (Phi) is 3.33. The molecule has 1 saturated carbocycles. The summed E-state index contributed by atoms with van der Waals surface area (Å²) in [5.41, 5.74) is 1.22. The number of hydrogen-bond donors (Lipinski definition) is 1. The first kappa shape index (κ1) is 12.9. The van der Waals surface area contributed by atoms with Gasteiger partial charge in [0.15, 0.2) is 0 Å². The molecule has 0 amide bonds. The van der Waals surface area contributed by atoms with Crippen LogP contribution in [0.3, 0.4) is 0 Å². The minimum Gasteiger partial charge on any atom is -0.496 e. The fourth-order valence-corrected chi connectivity index (χ4v) is 2.87. The molecule has 0 heterocycles. The van der Waals surface area contributed by atoms with Crippen LogP contribution in [-0.4, -0.2) is 18.2 Å². The van der Waals surface area contributed by atoms with Crippen LogP contribution >= 0.6 is 0 Å². The first-order chi connectivity index (χ1) is 8.53. The average Bonchev–Trinajstić information content (AvgIpc) is 2.29. The molecule has 0 radical (unpaired) electrons. The smallest absolute Gasteiger partial charge is 0.314 e. The van der Waals surface area contributed by atoms with Gasteiger partial charge in [-0.1, -0.05) is 25.5 Å². The number of hydrogen-bond acceptors (Lipinski definition) is 2. The number of benzene rings is 1. The summed E-state index contributed by atoms with van der Waals surface area (Å²) >= 11 is 0. The molecule has 0 saturated heterocycles. The highest BCUT2D eigenvalue weighted by molar-refractivity contribution is 5.83. The van der Waals surface area contributed by atoms with Gasteiger partial charge in [0, 0.05) is 0 Å². The second-order valence-corrected chi connectivity index (χ2v) is 5.25. The molecule has 1 aliphatic carbocycles. The summed E-state index contributed by atoms with van der Waals surface area (Å²) in [6.45, 7) is 4.08. The molecule has 0 aliphatic heterocycles. The average molecular weight is 248 g/mol. The van der Waals surface area contributed by atoms with Gasteiger partial charge in [-0.2, -0.15) is 0 Å². The van der Waals surface area contributed by atoms with Gasteiger partial charge in [0.2, 0.25) is 0 Å². The van der Waals surface area contributed by atoms with Gasteiger partial charge in [0.05, 0.1) is 12.5 Å². The predicted octanol–water partition coefficient (Wildman–Crippen LogP) is 3.15. The van der Waals surface area contributed by atoms with Crippen LogP contribution in [0.25, 0.3) is 0 Å². The van der Waals surface area contributed by atoms with Gasteiger partial charge in [0.25, 0.3) is 0 Å². The molecule has 0 atom stereocenters. The van der Waals surface area contributed by atoms with E-state index in [1.54, 1.807) is 7.11 Å². The highest BCUT2D eigenvalue weighted by Crippen LogP contribution is 2.50. The Morgan fingerprint density at radius 2 is 2.17 bits per heavy atom. The Balaban J connectivity index is 2.36. The molecule has 3 nitrogen and oxygen atoms in total. The normalized spacial score (nSPS) is 26.5. The van der Waals surface area contributed by atoms with Crippen molar-refractivity contribution in [1.82, 2.24) is 0 Å². The lowest BCUT2D eigenvalue weighted by atomic mass is 9.58. The summed E-state index contributed by atoms with van der Waals surface area (Å²) in [5.74, 6) is 0.597. The molecule has 0 spiro atoms. The lowest BCUT2D eigenvalue weighted by molar-refractivity contribution is -0.149. The fourth-order valence-electron chi connectivity index (χ4n) is 2.87. The van der Waals surface area contributed by atoms with Gasteiger partial charge in [-0.25, -0.2) is 0 Å². The van der Waals surface area contributed by atoms with Crippen molar-refractivity contribution in [2.24, 2.45) is 5.92 Å². The largest absolute Gasteiger partial charge is 0.496 e. The number of methoxy groups -OCH3 is 1. The molecule has 0 bridgehead atoms. The lowest BCUT2D eigenvalue weighted by Gasteiger charge is -2.44. The maximum absolute atomic E-state index is 11.6. The van der Waals surface area contributed by atoms with Crippen LogP contribution in [0.4, 0.5) is 0 Å². The van der Waals surface area contributed by atoms with E-state index in [1.165, 1.54) is 0 Å². The monoisotopic (exact) mass is 248 g/mol. The minimum atomic E-state index is -0.710. The van der Waals surface area contributed by atoms with Crippen molar-refractivity contribution in [2.75, 3.05) is 7.11 Å². The third-order valence-electron chi connectivity index (χ3n) is 4.22. The Morgan fingerprint density at radius 3 is 2.67 bits per heavy atom. The predicted molar refractivity (Wildman–Crippen MR) is 70.1 cm³/mol. The SMILES string of the molecule is CCC1CC(C(=O)O)(c2ccc(C)c(OC)c2)C1. The van der Waals surface area contributed by atoms with Crippen LogP contribution in [0, 0.1) is 12.8 Å². The lowest BCUT2D eigenvalue weighted by Crippen LogP contribution is -2.47. The zero-order valence-corrected chi connectivity index (χ0v) is 11.2. The standard InChI is InChI=1S/C15H20O3/c1-4-11-8-15(9-11,14(16)17)12-6-5-10(2)13(7-12)18-3/h5-7,11H,4,8-9H2,1-3H3,(H,16,17). The molecule has 1 fully saturated rings. The number of aryl methyl sites for hydroxylation is 1. The van der Waals surface area contributed by atoms with Gasteiger partial charge in [0.1, 0.15) is 5.75 Å².